The fraction of sp³-hybridized carbons (Fsp3) is 0.875. The lowest BCUT2D eigenvalue weighted by atomic mass is 10.1. The number of hydrogen-bond acceptors (Lipinski definition) is 4. The maximum absolute atomic E-state index is 11.2. The third-order valence-electron chi connectivity index (χ3n) is 2.44. The highest BCUT2D eigenvalue weighted by Gasteiger charge is 2.34. The monoisotopic (exact) mass is 172 g/mol. The van der Waals surface area contributed by atoms with Gasteiger partial charge in [-0.25, -0.2) is 0 Å². The minimum Gasteiger partial charge on any atom is -0.468 e. The van der Waals surface area contributed by atoms with Crippen molar-refractivity contribution >= 4 is 5.97 Å². The number of rotatable bonds is 2. The van der Waals surface area contributed by atoms with Gasteiger partial charge in [-0.1, -0.05) is 0 Å². The minimum atomic E-state index is -0.145. The first-order valence-corrected chi connectivity index (χ1v) is 4.17. The van der Waals surface area contributed by atoms with Gasteiger partial charge in [0.15, 0.2) is 0 Å². The molecule has 0 bridgehead atoms. The van der Waals surface area contributed by atoms with Crippen molar-refractivity contribution < 1.29 is 9.53 Å². The molecule has 0 radical (unpaired) electrons. The Bertz CT molecular complexity index is 172. The summed E-state index contributed by atoms with van der Waals surface area (Å²) in [4.78, 5) is 13.2. The summed E-state index contributed by atoms with van der Waals surface area (Å²) < 4.78 is 4.68. The molecule has 0 saturated carbocycles. The Morgan fingerprint density at radius 3 is 2.83 bits per heavy atom. The molecular weight excluding hydrogens is 156 g/mol. The van der Waals surface area contributed by atoms with Crippen LogP contribution in [-0.2, 0) is 9.53 Å². The summed E-state index contributed by atoms with van der Waals surface area (Å²) >= 11 is 0. The number of esters is 1. The second kappa shape index (κ2) is 3.87. The van der Waals surface area contributed by atoms with Crippen molar-refractivity contribution in [3.8, 4) is 0 Å². The van der Waals surface area contributed by atoms with Crippen LogP contribution in [0.25, 0.3) is 0 Å². The second-order valence-electron chi connectivity index (χ2n) is 3.32. The van der Waals surface area contributed by atoms with E-state index in [1.807, 2.05) is 11.9 Å². The van der Waals surface area contributed by atoms with Crippen LogP contribution in [0.3, 0.4) is 0 Å². The van der Waals surface area contributed by atoms with Crippen LogP contribution in [-0.4, -0.2) is 44.2 Å². The highest BCUT2D eigenvalue weighted by molar-refractivity contribution is 5.76. The van der Waals surface area contributed by atoms with E-state index in [4.69, 9.17) is 5.73 Å². The van der Waals surface area contributed by atoms with Gasteiger partial charge in [0.1, 0.15) is 6.04 Å². The van der Waals surface area contributed by atoms with Crippen molar-refractivity contribution in [3.63, 3.8) is 0 Å². The average molecular weight is 172 g/mol. The summed E-state index contributed by atoms with van der Waals surface area (Å²) in [6.07, 6.45) is 0.833. The molecule has 2 N–H and O–H groups in total. The van der Waals surface area contributed by atoms with E-state index in [2.05, 4.69) is 4.74 Å². The van der Waals surface area contributed by atoms with E-state index in [1.54, 1.807) is 0 Å². The largest absolute Gasteiger partial charge is 0.468 e. The molecule has 1 rings (SSSR count). The number of nitrogens with two attached hydrogens (primary N) is 1. The van der Waals surface area contributed by atoms with Gasteiger partial charge in [0.25, 0.3) is 0 Å². The highest BCUT2D eigenvalue weighted by Crippen LogP contribution is 2.21. The Kier molecular flexibility index (Phi) is 3.05. The predicted molar refractivity (Wildman–Crippen MR) is 45.6 cm³/mol. The number of likely N-dealkylation sites (N-methyl/N-ethyl adjacent to an activating group) is 1. The zero-order valence-corrected chi connectivity index (χ0v) is 7.62. The molecule has 0 aliphatic carbocycles. The fourth-order valence-electron chi connectivity index (χ4n) is 1.69. The van der Waals surface area contributed by atoms with Crippen LogP contribution in [0.15, 0.2) is 0 Å². The van der Waals surface area contributed by atoms with Gasteiger partial charge >= 0.3 is 5.97 Å². The SMILES string of the molecule is COC(=O)C1C[C@@H](CN)CN1C. The Balaban J connectivity index is 2.51. The van der Waals surface area contributed by atoms with Gasteiger partial charge in [0.2, 0.25) is 0 Å². The third kappa shape index (κ3) is 1.76. The van der Waals surface area contributed by atoms with Crippen LogP contribution in [0, 0.1) is 5.92 Å². The lowest BCUT2D eigenvalue weighted by molar-refractivity contribution is -0.145. The number of likely N-dealkylation sites (tertiary alicyclic amines) is 1. The number of carbonyl (C=O) groups is 1. The van der Waals surface area contributed by atoms with Crippen LogP contribution in [0.1, 0.15) is 6.42 Å². The topological polar surface area (TPSA) is 55.6 Å². The first-order chi connectivity index (χ1) is 5.69. The van der Waals surface area contributed by atoms with Crippen molar-refractivity contribution in [1.82, 2.24) is 4.90 Å². The first-order valence-electron chi connectivity index (χ1n) is 4.17. The van der Waals surface area contributed by atoms with E-state index in [0.717, 1.165) is 13.0 Å². The predicted octanol–water partition coefficient (Wildman–Crippen LogP) is -0.562. The van der Waals surface area contributed by atoms with Gasteiger partial charge in [-0.2, -0.15) is 0 Å². The third-order valence-corrected chi connectivity index (χ3v) is 2.44. The molecule has 1 saturated heterocycles. The second-order valence-corrected chi connectivity index (χ2v) is 3.32. The van der Waals surface area contributed by atoms with Gasteiger partial charge in [-0.05, 0) is 25.9 Å². The summed E-state index contributed by atoms with van der Waals surface area (Å²) in [5.74, 6) is 0.299. The van der Waals surface area contributed by atoms with Crippen molar-refractivity contribution in [3.05, 3.63) is 0 Å². The lowest BCUT2D eigenvalue weighted by Gasteiger charge is -2.15. The van der Waals surface area contributed by atoms with Crippen LogP contribution in [0.2, 0.25) is 0 Å². The smallest absolute Gasteiger partial charge is 0.323 e. The molecule has 1 fully saturated rings. The van der Waals surface area contributed by atoms with E-state index < -0.39 is 0 Å². The number of carbonyl (C=O) groups excluding carboxylic acids is 1. The van der Waals surface area contributed by atoms with Gasteiger partial charge in [-0.3, -0.25) is 9.69 Å². The van der Waals surface area contributed by atoms with Gasteiger partial charge in [-0.15, -0.1) is 0 Å². The molecule has 0 aromatic carbocycles. The van der Waals surface area contributed by atoms with Crippen molar-refractivity contribution in [2.45, 2.75) is 12.5 Å². The zero-order chi connectivity index (χ0) is 9.14. The van der Waals surface area contributed by atoms with Crippen LogP contribution in [0.5, 0.6) is 0 Å². The van der Waals surface area contributed by atoms with Crippen molar-refractivity contribution in [1.29, 1.82) is 0 Å². The standard InChI is InChI=1S/C8H16N2O2/c1-10-5-6(4-9)3-7(10)8(11)12-2/h6-7H,3-5,9H2,1-2H3/t6-,7?/m0/s1. The number of methoxy groups -OCH3 is 1. The molecule has 2 atom stereocenters. The molecule has 0 amide bonds. The molecule has 70 valence electrons. The summed E-state index contributed by atoms with van der Waals surface area (Å²) in [6, 6.07) is -0.0800. The summed E-state index contributed by atoms with van der Waals surface area (Å²) in [6.45, 7) is 1.55. The molecule has 0 aromatic rings. The average Bonchev–Trinajstić information content (AvgIpc) is 2.45. The van der Waals surface area contributed by atoms with Crippen LogP contribution >= 0.6 is 0 Å². The molecule has 4 nitrogen and oxygen atoms in total. The minimum absolute atomic E-state index is 0.0800. The molecule has 1 unspecified atom stereocenters. The molecule has 1 heterocycles. The molecule has 12 heavy (non-hydrogen) atoms. The van der Waals surface area contributed by atoms with Gasteiger partial charge < -0.3 is 10.5 Å². The maximum atomic E-state index is 11.2. The van der Waals surface area contributed by atoms with Crippen molar-refractivity contribution in [2.24, 2.45) is 11.7 Å². The maximum Gasteiger partial charge on any atom is 0.323 e. The number of nitrogens with zero attached hydrogens (tertiary/aromatic N) is 1. The van der Waals surface area contributed by atoms with E-state index >= 15 is 0 Å². The van der Waals surface area contributed by atoms with E-state index in [-0.39, 0.29) is 12.0 Å². The number of hydrogen-bond donors (Lipinski definition) is 1. The van der Waals surface area contributed by atoms with Gasteiger partial charge in [0, 0.05) is 6.54 Å². The highest BCUT2D eigenvalue weighted by atomic mass is 16.5. The van der Waals surface area contributed by atoms with Gasteiger partial charge in [0.05, 0.1) is 7.11 Å². The van der Waals surface area contributed by atoms with E-state index in [0.29, 0.717) is 12.5 Å². The Morgan fingerprint density at radius 2 is 2.42 bits per heavy atom. The Hall–Kier alpha value is -0.610. The van der Waals surface area contributed by atoms with Crippen molar-refractivity contribution in [2.75, 3.05) is 27.2 Å². The Morgan fingerprint density at radius 1 is 1.75 bits per heavy atom. The quantitative estimate of drug-likeness (QED) is 0.567. The summed E-state index contributed by atoms with van der Waals surface area (Å²) in [7, 11) is 3.35. The molecule has 4 heteroatoms. The normalized spacial score (nSPS) is 30.6. The van der Waals surface area contributed by atoms with E-state index in [9.17, 15) is 4.79 Å². The summed E-state index contributed by atoms with van der Waals surface area (Å²) in [5, 5.41) is 0. The Labute approximate surface area is 72.7 Å². The molecular formula is C8H16N2O2. The van der Waals surface area contributed by atoms with E-state index in [1.165, 1.54) is 7.11 Å². The molecule has 0 aromatic heterocycles. The van der Waals surface area contributed by atoms with Crippen LogP contribution < -0.4 is 5.73 Å². The molecule has 1 aliphatic rings. The molecule has 1 aliphatic heterocycles. The molecule has 0 spiro atoms. The zero-order valence-electron chi connectivity index (χ0n) is 7.62. The number of ether oxygens (including phenoxy) is 1. The lowest BCUT2D eigenvalue weighted by Crippen LogP contribution is -2.33. The fourth-order valence-corrected chi connectivity index (χ4v) is 1.69. The first kappa shape index (κ1) is 9.48. The summed E-state index contributed by atoms with van der Waals surface area (Å²) in [5.41, 5.74) is 5.52. The van der Waals surface area contributed by atoms with Crippen LogP contribution in [0.4, 0.5) is 0 Å².